The van der Waals surface area contributed by atoms with Crippen molar-refractivity contribution in [1.29, 1.82) is 0 Å². The molecule has 1 aliphatic heterocycles. The molecular formula is C13H27NO2SSn. The van der Waals surface area contributed by atoms with E-state index in [1.54, 1.807) is 0 Å². The summed E-state index contributed by atoms with van der Waals surface area (Å²) in [6.45, 7) is 8.61. The maximum atomic E-state index is 12.0. The van der Waals surface area contributed by atoms with Crippen LogP contribution >= 0.6 is 8.95 Å². The summed E-state index contributed by atoms with van der Waals surface area (Å²) in [5.74, 6) is -0.137. The summed E-state index contributed by atoms with van der Waals surface area (Å²) in [4.78, 5) is 12.0. The number of hydrogen-bond acceptors (Lipinski definition) is 4. The van der Waals surface area contributed by atoms with Crippen LogP contribution in [0, 0.1) is 0 Å². The van der Waals surface area contributed by atoms with E-state index < -0.39 is 23.5 Å². The van der Waals surface area contributed by atoms with Gasteiger partial charge in [-0.2, -0.15) is 0 Å². The Morgan fingerprint density at radius 3 is 2.17 bits per heavy atom. The fourth-order valence-corrected chi connectivity index (χ4v) is 25.4. The number of carbonyl (C=O) groups is 1. The van der Waals surface area contributed by atoms with Crippen molar-refractivity contribution in [2.75, 3.05) is 0 Å². The van der Waals surface area contributed by atoms with Gasteiger partial charge in [-0.1, -0.05) is 0 Å². The van der Waals surface area contributed by atoms with Gasteiger partial charge in [-0.15, -0.1) is 0 Å². The Morgan fingerprint density at radius 2 is 1.78 bits per heavy atom. The topological polar surface area (TPSA) is 52.3 Å². The molecule has 0 bridgehead atoms. The van der Waals surface area contributed by atoms with E-state index in [4.69, 9.17) is 8.81 Å². The molecule has 1 aliphatic rings. The van der Waals surface area contributed by atoms with Gasteiger partial charge in [0, 0.05) is 0 Å². The van der Waals surface area contributed by atoms with Gasteiger partial charge in [0.05, 0.1) is 0 Å². The van der Waals surface area contributed by atoms with Gasteiger partial charge in [-0.25, -0.2) is 0 Å². The fourth-order valence-electron chi connectivity index (χ4n) is 2.32. The van der Waals surface area contributed by atoms with E-state index in [0.29, 0.717) is 0 Å². The summed E-state index contributed by atoms with van der Waals surface area (Å²) < 4.78 is 8.09. The van der Waals surface area contributed by atoms with Crippen LogP contribution in [0.15, 0.2) is 0 Å². The molecule has 2 N–H and O–H groups in total. The van der Waals surface area contributed by atoms with E-state index in [1.807, 2.05) is 8.95 Å². The van der Waals surface area contributed by atoms with Crippen molar-refractivity contribution in [3.63, 3.8) is 0 Å². The zero-order valence-corrected chi connectivity index (χ0v) is 15.8. The first-order chi connectivity index (χ1) is 8.37. The average Bonchev–Trinajstić information content (AvgIpc) is 2.31. The SMILES string of the molecule is CCC[CH2][Sn]1([CH2]CCC)[O]C(=O)[C@H](N)C(C)(C)[S]1. The van der Waals surface area contributed by atoms with Gasteiger partial charge in [0.15, 0.2) is 0 Å². The van der Waals surface area contributed by atoms with Crippen molar-refractivity contribution in [2.45, 2.75) is 73.0 Å². The molecule has 3 nitrogen and oxygen atoms in total. The molecule has 0 saturated carbocycles. The molecule has 1 rings (SSSR count). The van der Waals surface area contributed by atoms with Gasteiger partial charge >= 0.3 is 119 Å². The Kier molecular flexibility index (Phi) is 6.32. The summed E-state index contributed by atoms with van der Waals surface area (Å²) in [7, 11) is 1.97. The molecule has 0 unspecified atom stereocenters. The van der Waals surface area contributed by atoms with Crippen LogP contribution < -0.4 is 5.73 Å². The molecule has 0 aromatic rings. The standard InChI is InChI=1S/C5H11NO2S.2C4H9.Sn/c1-5(2,9)3(6)4(7)8;2*1-3-4-2;/h3,9H,6H2,1-2H3,(H,7,8);2*1,3-4H2,2H3;/q;;;+2/p-2/t3-;;;/m0.../s1. The van der Waals surface area contributed by atoms with Gasteiger partial charge in [0.2, 0.25) is 0 Å². The van der Waals surface area contributed by atoms with Gasteiger partial charge in [0.1, 0.15) is 0 Å². The van der Waals surface area contributed by atoms with Crippen molar-refractivity contribution in [1.82, 2.24) is 0 Å². The monoisotopic (exact) mass is 381 g/mol. The Bertz CT molecular complexity index is 289. The summed E-state index contributed by atoms with van der Waals surface area (Å²) in [6, 6.07) is -0.462. The molecule has 5 heteroatoms. The van der Waals surface area contributed by atoms with E-state index in [0.717, 1.165) is 8.87 Å². The molecule has 18 heavy (non-hydrogen) atoms. The molecule has 0 aliphatic carbocycles. The van der Waals surface area contributed by atoms with E-state index in [-0.39, 0.29) is 10.7 Å². The number of hydrogen-bond donors (Lipinski definition) is 1. The van der Waals surface area contributed by atoms with Gasteiger partial charge in [0.25, 0.3) is 0 Å². The Balaban J connectivity index is 2.85. The molecule has 1 saturated heterocycles. The van der Waals surface area contributed by atoms with Crippen LogP contribution in [0.25, 0.3) is 0 Å². The molecule has 0 radical (unpaired) electrons. The molecule has 1 atom stereocenters. The first kappa shape index (κ1) is 16.6. The first-order valence-corrected chi connectivity index (χ1v) is 16.6. The summed E-state index contributed by atoms with van der Waals surface area (Å²) in [5, 5.41) is 0. The second kappa shape index (κ2) is 6.84. The second-order valence-electron chi connectivity index (χ2n) is 5.72. The van der Waals surface area contributed by atoms with Crippen LogP contribution in [-0.2, 0) is 7.87 Å². The van der Waals surface area contributed by atoms with Gasteiger partial charge in [-0.3, -0.25) is 0 Å². The zero-order chi connectivity index (χ0) is 13.8. The van der Waals surface area contributed by atoms with Crippen molar-refractivity contribution in [2.24, 2.45) is 5.73 Å². The number of nitrogens with two attached hydrogens (primary N) is 1. The van der Waals surface area contributed by atoms with Crippen LogP contribution in [0.1, 0.15) is 53.4 Å². The number of rotatable bonds is 6. The van der Waals surface area contributed by atoms with Crippen LogP contribution in [-0.4, -0.2) is 34.2 Å². The van der Waals surface area contributed by atoms with Crippen molar-refractivity contribution >= 4 is 32.3 Å². The van der Waals surface area contributed by atoms with Crippen LogP contribution in [0.5, 0.6) is 0 Å². The maximum absolute atomic E-state index is 12.0. The molecule has 0 amide bonds. The molecule has 0 spiro atoms. The number of carbonyl (C=O) groups excluding carboxylic acids is 1. The number of unbranched alkanes of at least 4 members (excludes halogenated alkanes) is 2. The molecule has 0 aromatic carbocycles. The molecular weight excluding hydrogens is 353 g/mol. The Labute approximate surface area is 118 Å². The quantitative estimate of drug-likeness (QED) is 0.718. The first-order valence-electron chi connectivity index (χ1n) is 7.05. The molecule has 106 valence electrons. The van der Waals surface area contributed by atoms with Crippen molar-refractivity contribution in [3.05, 3.63) is 0 Å². The van der Waals surface area contributed by atoms with Crippen LogP contribution in [0.4, 0.5) is 0 Å². The zero-order valence-electron chi connectivity index (χ0n) is 12.1. The third-order valence-electron chi connectivity index (χ3n) is 3.56. The predicted octanol–water partition coefficient (Wildman–Crippen LogP) is 3.42. The second-order valence-corrected chi connectivity index (χ2v) is 22.4. The Morgan fingerprint density at radius 1 is 1.28 bits per heavy atom. The third-order valence-corrected chi connectivity index (χ3v) is 23.7. The van der Waals surface area contributed by atoms with Gasteiger partial charge < -0.3 is 0 Å². The third kappa shape index (κ3) is 4.03. The average molecular weight is 380 g/mol. The van der Waals surface area contributed by atoms with Crippen LogP contribution in [0.3, 0.4) is 0 Å². The minimum absolute atomic E-state index is 0.137. The predicted molar refractivity (Wildman–Crippen MR) is 80.9 cm³/mol. The van der Waals surface area contributed by atoms with Gasteiger partial charge in [-0.05, 0) is 0 Å². The summed E-state index contributed by atoms with van der Waals surface area (Å²) >= 11 is -2.81. The van der Waals surface area contributed by atoms with E-state index in [2.05, 4.69) is 27.7 Å². The van der Waals surface area contributed by atoms with Crippen molar-refractivity contribution in [3.8, 4) is 0 Å². The molecule has 0 aromatic heterocycles. The molecule has 1 fully saturated rings. The van der Waals surface area contributed by atoms with Crippen molar-refractivity contribution < 1.29 is 7.87 Å². The van der Waals surface area contributed by atoms with E-state index in [1.165, 1.54) is 25.7 Å². The fraction of sp³-hybridized carbons (Fsp3) is 0.923. The van der Waals surface area contributed by atoms with E-state index in [9.17, 15) is 4.79 Å². The summed E-state index contributed by atoms with van der Waals surface area (Å²) in [5.41, 5.74) is 5.97. The Hall–Kier alpha value is 0.579. The summed E-state index contributed by atoms with van der Waals surface area (Å²) in [6.07, 6.45) is 4.72. The minimum atomic E-state index is -2.81. The van der Waals surface area contributed by atoms with E-state index >= 15 is 0 Å². The normalized spacial score (nSPS) is 25.8. The molecule has 1 heterocycles. The van der Waals surface area contributed by atoms with Crippen LogP contribution in [0.2, 0.25) is 8.87 Å².